The van der Waals surface area contributed by atoms with Crippen LogP contribution in [0.15, 0.2) is 72.8 Å². The molecule has 3 N–H and O–H groups in total. The van der Waals surface area contributed by atoms with Gasteiger partial charge < -0.3 is 10.00 Å². The molecule has 0 saturated carbocycles. The molecule has 3 unspecified atom stereocenters. The van der Waals surface area contributed by atoms with E-state index in [4.69, 9.17) is 0 Å². The molecule has 3 aromatic rings. The smallest absolute Gasteiger partial charge is 0.311 e. The van der Waals surface area contributed by atoms with Crippen molar-refractivity contribution in [1.82, 2.24) is 5.09 Å². The third kappa shape index (κ3) is 5.54. The maximum atomic E-state index is 12.7. The molecule has 0 aromatic heterocycles. The predicted molar refractivity (Wildman–Crippen MR) is 116 cm³/mol. The van der Waals surface area contributed by atoms with Gasteiger partial charge in [0.05, 0.1) is 12.1 Å². The molecule has 0 spiro atoms. The average molecular weight is 411 g/mol. The molecule has 0 amide bonds. The Kier molecular flexibility index (Phi) is 6.86. The van der Waals surface area contributed by atoms with Gasteiger partial charge in [-0.05, 0) is 34.7 Å². The highest BCUT2D eigenvalue weighted by atomic mass is 31.2. The highest BCUT2D eigenvalue weighted by Gasteiger charge is 2.29. The molecule has 0 saturated heterocycles. The number of rotatable bonds is 9. The Labute approximate surface area is 170 Å². The molecule has 29 heavy (non-hydrogen) atoms. The largest absolute Gasteiger partial charge is 0.481 e. The number of nitrogens with one attached hydrogen (secondary N) is 1. The number of fused-ring (bicyclic) bond motifs is 1. The second-order valence-electron chi connectivity index (χ2n) is 7.27. The van der Waals surface area contributed by atoms with E-state index in [1.54, 1.807) is 0 Å². The van der Waals surface area contributed by atoms with Crippen LogP contribution >= 0.6 is 7.52 Å². The monoisotopic (exact) mass is 411 g/mol. The van der Waals surface area contributed by atoms with E-state index >= 15 is 0 Å². The number of hydrogen-bond donors (Lipinski definition) is 3. The van der Waals surface area contributed by atoms with Gasteiger partial charge >= 0.3 is 5.97 Å². The van der Waals surface area contributed by atoms with Crippen molar-refractivity contribution in [2.45, 2.75) is 37.9 Å². The lowest BCUT2D eigenvalue weighted by molar-refractivity contribution is -0.139. The van der Waals surface area contributed by atoms with Gasteiger partial charge in [0.25, 0.3) is 7.52 Å². The molecule has 0 heterocycles. The maximum Gasteiger partial charge on any atom is 0.311 e. The number of carboxylic acid groups (broad SMARTS) is 1. The van der Waals surface area contributed by atoms with E-state index in [2.05, 4.69) is 5.09 Å². The summed E-state index contributed by atoms with van der Waals surface area (Å²) in [5, 5.41) is 14.6. The van der Waals surface area contributed by atoms with Crippen LogP contribution in [-0.4, -0.2) is 22.0 Å². The van der Waals surface area contributed by atoms with Gasteiger partial charge in [-0.2, -0.15) is 0 Å². The van der Waals surface area contributed by atoms with Gasteiger partial charge in [0.15, 0.2) is 0 Å². The van der Waals surface area contributed by atoms with Gasteiger partial charge in [-0.25, -0.2) is 5.09 Å². The molecule has 3 rings (SSSR count). The first kappa shape index (κ1) is 21.3. The Bertz CT molecular complexity index is 1020. The van der Waals surface area contributed by atoms with Crippen LogP contribution in [0.4, 0.5) is 0 Å². The van der Waals surface area contributed by atoms with E-state index in [1.165, 1.54) is 0 Å². The first-order chi connectivity index (χ1) is 13.9. The van der Waals surface area contributed by atoms with Crippen molar-refractivity contribution in [1.29, 1.82) is 0 Å². The molecule has 0 aliphatic heterocycles. The lowest BCUT2D eigenvalue weighted by atomic mass is 9.88. The fourth-order valence-electron chi connectivity index (χ4n) is 3.67. The SMILES string of the molecule is CCC(CC(C(=O)O)c1cccc2ccccc12)NP(=O)(O)Cc1ccccc1. The summed E-state index contributed by atoms with van der Waals surface area (Å²) in [7, 11) is -3.66. The highest BCUT2D eigenvalue weighted by molar-refractivity contribution is 7.55. The number of hydrogen-bond acceptors (Lipinski definition) is 2. The molecule has 6 heteroatoms. The zero-order chi connectivity index (χ0) is 20.9. The Morgan fingerprint density at radius 1 is 1.00 bits per heavy atom. The molecule has 0 aliphatic rings. The lowest BCUT2D eigenvalue weighted by Crippen LogP contribution is -2.30. The zero-order valence-electron chi connectivity index (χ0n) is 16.4. The fourth-order valence-corrected chi connectivity index (χ4v) is 5.33. The Hall–Kier alpha value is -2.46. The summed E-state index contributed by atoms with van der Waals surface area (Å²) in [6.45, 7) is 1.89. The van der Waals surface area contributed by atoms with E-state index < -0.39 is 25.4 Å². The number of benzene rings is 3. The highest BCUT2D eigenvalue weighted by Crippen LogP contribution is 2.42. The van der Waals surface area contributed by atoms with E-state index in [-0.39, 0.29) is 12.6 Å². The van der Waals surface area contributed by atoms with Gasteiger partial charge in [-0.15, -0.1) is 0 Å². The Morgan fingerprint density at radius 2 is 1.66 bits per heavy atom. The molecule has 0 aliphatic carbocycles. The lowest BCUT2D eigenvalue weighted by Gasteiger charge is -2.25. The molecule has 0 bridgehead atoms. The van der Waals surface area contributed by atoms with Crippen molar-refractivity contribution < 1.29 is 19.4 Å². The van der Waals surface area contributed by atoms with E-state index in [9.17, 15) is 19.4 Å². The minimum atomic E-state index is -3.66. The van der Waals surface area contributed by atoms with Gasteiger partial charge in [-0.3, -0.25) is 9.36 Å². The summed E-state index contributed by atoms with van der Waals surface area (Å²) in [6.07, 6.45) is 0.795. The van der Waals surface area contributed by atoms with Crippen LogP contribution in [0.3, 0.4) is 0 Å². The first-order valence-corrected chi connectivity index (χ1v) is 11.6. The summed E-state index contributed by atoms with van der Waals surface area (Å²) >= 11 is 0. The van der Waals surface area contributed by atoms with E-state index in [1.807, 2.05) is 79.7 Å². The Balaban J connectivity index is 1.81. The minimum Gasteiger partial charge on any atom is -0.481 e. The van der Waals surface area contributed by atoms with Crippen molar-refractivity contribution in [3.63, 3.8) is 0 Å². The van der Waals surface area contributed by atoms with Crippen LogP contribution < -0.4 is 5.09 Å². The number of aliphatic carboxylic acids is 1. The molecule has 3 atom stereocenters. The van der Waals surface area contributed by atoms with Crippen molar-refractivity contribution in [3.05, 3.63) is 83.9 Å². The van der Waals surface area contributed by atoms with Crippen molar-refractivity contribution in [2.24, 2.45) is 0 Å². The van der Waals surface area contributed by atoms with Crippen LogP contribution in [0.1, 0.15) is 36.8 Å². The molecular weight excluding hydrogens is 385 g/mol. The molecule has 0 fully saturated rings. The second kappa shape index (κ2) is 9.36. The second-order valence-corrected chi connectivity index (χ2v) is 9.25. The summed E-state index contributed by atoms with van der Waals surface area (Å²) in [5.41, 5.74) is 1.50. The zero-order valence-corrected chi connectivity index (χ0v) is 17.3. The van der Waals surface area contributed by atoms with Crippen molar-refractivity contribution in [3.8, 4) is 0 Å². The number of carbonyl (C=O) groups is 1. The summed E-state index contributed by atoms with van der Waals surface area (Å²) in [4.78, 5) is 22.6. The van der Waals surface area contributed by atoms with E-state index in [0.717, 1.165) is 21.9 Å². The molecule has 152 valence electrons. The van der Waals surface area contributed by atoms with Crippen LogP contribution in [0.5, 0.6) is 0 Å². The molecule has 0 radical (unpaired) electrons. The molecular formula is C23H26NO4P. The fraction of sp³-hybridized carbons (Fsp3) is 0.261. The van der Waals surface area contributed by atoms with E-state index in [0.29, 0.717) is 6.42 Å². The third-order valence-corrected chi connectivity index (χ3v) is 6.70. The normalized spacial score (nSPS) is 15.5. The molecule has 5 nitrogen and oxygen atoms in total. The van der Waals surface area contributed by atoms with Crippen LogP contribution in [0, 0.1) is 0 Å². The van der Waals surface area contributed by atoms with Gasteiger partial charge in [0.1, 0.15) is 0 Å². The molecule has 3 aromatic carbocycles. The first-order valence-electron chi connectivity index (χ1n) is 9.73. The maximum absolute atomic E-state index is 12.7. The topological polar surface area (TPSA) is 86.6 Å². The van der Waals surface area contributed by atoms with Crippen LogP contribution in [0.2, 0.25) is 0 Å². The standard InChI is InChI=1S/C23H26NO4P/c1-2-19(24-29(27,28)16-17-9-4-3-5-10-17)15-22(23(25)26)21-14-8-12-18-11-6-7-13-20(18)21/h3-14,19,22H,2,15-16H2,1H3,(H,25,26)(H2,24,27,28). The van der Waals surface area contributed by atoms with Crippen molar-refractivity contribution in [2.75, 3.05) is 0 Å². The van der Waals surface area contributed by atoms with Gasteiger partial charge in [0.2, 0.25) is 0 Å². The van der Waals surface area contributed by atoms with Gasteiger partial charge in [-0.1, -0.05) is 79.7 Å². The average Bonchev–Trinajstić information content (AvgIpc) is 2.71. The third-order valence-electron chi connectivity index (χ3n) is 5.13. The van der Waals surface area contributed by atoms with Crippen LogP contribution in [-0.2, 0) is 15.5 Å². The minimum absolute atomic E-state index is 0.0103. The summed E-state index contributed by atoms with van der Waals surface area (Å²) in [5.74, 6) is -1.70. The quantitative estimate of drug-likeness (QED) is 0.424. The number of carboxylic acids is 1. The Morgan fingerprint density at radius 3 is 2.34 bits per heavy atom. The predicted octanol–water partition coefficient (Wildman–Crippen LogP) is 5.15. The summed E-state index contributed by atoms with van der Waals surface area (Å²) < 4.78 is 12.7. The summed E-state index contributed by atoms with van der Waals surface area (Å²) in [6, 6.07) is 22.1. The van der Waals surface area contributed by atoms with Gasteiger partial charge in [0, 0.05) is 6.04 Å². The van der Waals surface area contributed by atoms with Crippen LogP contribution in [0.25, 0.3) is 10.8 Å². The van der Waals surface area contributed by atoms with Crippen molar-refractivity contribution >= 4 is 24.3 Å².